The van der Waals surface area contributed by atoms with Crippen molar-refractivity contribution in [2.24, 2.45) is 0 Å². The van der Waals surface area contributed by atoms with Gasteiger partial charge in [0.15, 0.2) is 25.2 Å². The van der Waals surface area contributed by atoms with Crippen LogP contribution in [0.2, 0.25) is 0 Å². The Morgan fingerprint density at radius 1 is 0.448 bits per heavy atom. The van der Waals surface area contributed by atoms with E-state index in [0.29, 0.717) is 12.8 Å². The Kier molecular flexibility index (Phi) is 38.8. The van der Waals surface area contributed by atoms with Gasteiger partial charge in [0.2, 0.25) is 11.8 Å². The van der Waals surface area contributed by atoms with Crippen molar-refractivity contribution in [3.05, 3.63) is 12.2 Å². The molecule has 87 heavy (non-hydrogen) atoms. The average Bonchev–Trinajstić information content (AvgIpc) is 3.37. The van der Waals surface area contributed by atoms with Crippen LogP contribution in [-0.4, -0.2) is 246 Å². The molecule has 0 aromatic rings. The molecule has 0 radical (unpaired) electrons. The third-order valence-corrected chi connectivity index (χ3v) is 17.1. The first-order chi connectivity index (χ1) is 42.0. The molecule has 20 unspecified atom stereocenters. The monoisotopic (exact) mass is 1250 g/mol. The van der Waals surface area contributed by atoms with Gasteiger partial charge in [0.05, 0.1) is 45.2 Å². The summed E-state index contributed by atoms with van der Waals surface area (Å²) < 4.78 is 46.7. The van der Waals surface area contributed by atoms with E-state index in [1.54, 1.807) is 6.08 Å². The van der Waals surface area contributed by atoms with E-state index in [-0.39, 0.29) is 12.3 Å². The van der Waals surface area contributed by atoms with Crippen LogP contribution in [0.4, 0.5) is 0 Å². The van der Waals surface area contributed by atoms with Crippen LogP contribution >= 0.6 is 0 Å². The van der Waals surface area contributed by atoms with Crippen LogP contribution in [0.3, 0.4) is 0 Å². The first-order valence-corrected chi connectivity index (χ1v) is 32.9. The van der Waals surface area contributed by atoms with E-state index < -0.39 is 174 Å². The van der Waals surface area contributed by atoms with E-state index in [2.05, 4.69) is 24.5 Å². The zero-order valence-electron chi connectivity index (χ0n) is 52.1. The van der Waals surface area contributed by atoms with Gasteiger partial charge in [-0.25, -0.2) is 0 Å². The van der Waals surface area contributed by atoms with E-state index >= 15 is 0 Å². The predicted molar refractivity (Wildman–Crippen MR) is 317 cm³/mol. The molecule has 0 saturated carbocycles. The van der Waals surface area contributed by atoms with Gasteiger partial charge in [-0.1, -0.05) is 180 Å². The molecule has 0 aliphatic carbocycles. The van der Waals surface area contributed by atoms with Crippen LogP contribution < -0.4 is 10.6 Å². The molecule has 25 heteroatoms. The van der Waals surface area contributed by atoms with Crippen molar-refractivity contribution in [2.45, 2.75) is 335 Å². The number of nitrogens with one attached hydrogen (secondary N) is 2. The molecule has 4 heterocycles. The van der Waals surface area contributed by atoms with Gasteiger partial charge in [0.1, 0.15) is 97.6 Å². The van der Waals surface area contributed by atoms with E-state index in [4.69, 9.17) is 37.9 Å². The van der Waals surface area contributed by atoms with Crippen LogP contribution in [0, 0.1) is 0 Å². The third-order valence-electron chi connectivity index (χ3n) is 17.1. The minimum absolute atomic E-state index is 0.217. The molecule has 0 aromatic carbocycles. The van der Waals surface area contributed by atoms with Gasteiger partial charge in [0.25, 0.3) is 0 Å². The topological polar surface area (TPSA) is 395 Å². The molecule has 4 rings (SSSR count). The van der Waals surface area contributed by atoms with Gasteiger partial charge in [-0.2, -0.15) is 0 Å². The molecular weight excluding hydrogens is 1140 g/mol. The molecule has 22 atom stereocenters. The molecule has 15 N–H and O–H groups in total. The highest BCUT2D eigenvalue weighted by Crippen LogP contribution is 2.35. The largest absolute Gasteiger partial charge is 0.394 e. The minimum atomic E-state index is -2.10. The summed E-state index contributed by atoms with van der Waals surface area (Å²) in [6, 6.07) is -2.62. The van der Waals surface area contributed by atoms with Crippen molar-refractivity contribution in [3.63, 3.8) is 0 Å². The maximum Gasteiger partial charge on any atom is 0.220 e. The Hall–Kier alpha value is -2.16. The van der Waals surface area contributed by atoms with Gasteiger partial charge >= 0.3 is 0 Å². The highest BCUT2D eigenvalue weighted by Gasteiger charge is 2.56. The Morgan fingerprint density at radius 3 is 1.30 bits per heavy atom. The molecule has 0 bridgehead atoms. The fraction of sp³-hybridized carbons (Fsp3) is 0.935. The number of allylic oxidation sites excluding steroid dienone is 1. The summed E-state index contributed by atoms with van der Waals surface area (Å²) in [5.74, 6) is -1.06. The van der Waals surface area contributed by atoms with Crippen LogP contribution in [0.15, 0.2) is 12.2 Å². The van der Waals surface area contributed by atoms with E-state index in [0.717, 1.165) is 51.9 Å². The zero-order chi connectivity index (χ0) is 63.7. The number of rotatable bonds is 45. The second-order valence-electron chi connectivity index (χ2n) is 24.3. The number of hydrogen-bond acceptors (Lipinski definition) is 23. The van der Waals surface area contributed by atoms with Crippen molar-refractivity contribution in [1.82, 2.24) is 10.6 Å². The van der Waals surface area contributed by atoms with Crippen molar-refractivity contribution < 1.29 is 114 Å². The second kappa shape index (κ2) is 43.6. The lowest BCUT2D eigenvalue weighted by Crippen LogP contribution is -2.70. The Labute approximate surface area is 515 Å². The lowest BCUT2D eigenvalue weighted by Gasteiger charge is -2.50. The summed E-state index contributed by atoms with van der Waals surface area (Å²) in [7, 11) is 0. The SMILES string of the molecule is CCCCCCCCCCCCC/C=C/[C@@H](O)[C@H](COC1OC(CO)C(OC2OC(CO)C(OC3OC(CO)C(O)C(OC4OC(CO)C(O)C(O)C4O)C3NC(C)=O)C(O)C2O)C(O)C1O)NC(=O)CCCCCCCCCCCCCCCCC. The molecule has 4 saturated heterocycles. The molecule has 25 nitrogen and oxygen atoms in total. The number of ether oxygens (including phenoxy) is 8. The molecular formula is C62H114N2O23. The summed E-state index contributed by atoms with van der Waals surface area (Å²) in [6.07, 6.45) is 0.0598. The highest BCUT2D eigenvalue weighted by atomic mass is 16.8. The van der Waals surface area contributed by atoms with Gasteiger partial charge < -0.3 is 115 Å². The number of aliphatic hydroxyl groups excluding tert-OH is 13. The Balaban J connectivity index is 1.36. The summed E-state index contributed by atoms with van der Waals surface area (Å²) >= 11 is 0. The second-order valence-corrected chi connectivity index (χ2v) is 24.3. The maximum atomic E-state index is 13.4. The fourth-order valence-electron chi connectivity index (χ4n) is 11.7. The fourth-order valence-corrected chi connectivity index (χ4v) is 11.7. The van der Waals surface area contributed by atoms with E-state index in [1.807, 2.05) is 6.08 Å². The van der Waals surface area contributed by atoms with Crippen molar-refractivity contribution in [1.29, 1.82) is 0 Å². The number of carbonyl (C=O) groups excluding carboxylic acids is 2. The number of carbonyl (C=O) groups is 2. The summed E-state index contributed by atoms with van der Waals surface area (Å²) in [5.41, 5.74) is 0. The normalized spacial score (nSPS) is 33.8. The molecule has 0 spiro atoms. The van der Waals surface area contributed by atoms with Gasteiger partial charge in [-0.3, -0.25) is 9.59 Å². The minimum Gasteiger partial charge on any atom is -0.394 e. The first kappa shape index (κ1) is 77.3. The lowest BCUT2D eigenvalue weighted by atomic mass is 9.94. The van der Waals surface area contributed by atoms with E-state index in [1.165, 1.54) is 116 Å². The molecule has 0 aromatic heterocycles. The molecule has 2 amide bonds. The van der Waals surface area contributed by atoms with Gasteiger partial charge in [0, 0.05) is 13.3 Å². The maximum absolute atomic E-state index is 13.4. The molecule has 4 fully saturated rings. The Bertz CT molecular complexity index is 1830. The first-order valence-electron chi connectivity index (χ1n) is 32.9. The predicted octanol–water partition coefficient (Wildman–Crippen LogP) is 1.78. The van der Waals surface area contributed by atoms with Crippen LogP contribution in [0.25, 0.3) is 0 Å². The number of unbranched alkanes of at least 4 members (excludes halogenated alkanes) is 25. The lowest BCUT2D eigenvalue weighted by molar-refractivity contribution is -0.380. The molecule has 4 aliphatic heterocycles. The van der Waals surface area contributed by atoms with Gasteiger partial charge in [-0.15, -0.1) is 0 Å². The van der Waals surface area contributed by atoms with Crippen LogP contribution in [0.1, 0.15) is 201 Å². The van der Waals surface area contributed by atoms with Crippen LogP contribution in [-0.2, 0) is 47.5 Å². The molecule has 510 valence electrons. The van der Waals surface area contributed by atoms with Crippen molar-refractivity contribution >= 4 is 11.8 Å². The Morgan fingerprint density at radius 2 is 0.828 bits per heavy atom. The number of hydrogen-bond donors (Lipinski definition) is 15. The summed E-state index contributed by atoms with van der Waals surface area (Å²) in [5, 5.41) is 147. The summed E-state index contributed by atoms with van der Waals surface area (Å²) in [6.45, 7) is 1.59. The highest BCUT2D eigenvalue weighted by molar-refractivity contribution is 5.76. The molecule has 4 aliphatic rings. The number of amides is 2. The smallest absolute Gasteiger partial charge is 0.220 e. The van der Waals surface area contributed by atoms with Gasteiger partial charge in [-0.05, 0) is 19.3 Å². The van der Waals surface area contributed by atoms with Crippen molar-refractivity contribution in [2.75, 3.05) is 33.0 Å². The van der Waals surface area contributed by atoms with E-state index in [9.17, 15) is 76.0 Å². The van der Waals surface area contributed by atoms with Crippen LogP contribution in [0.5, 0.6) is 0 Å². The standard InChI is InChI=1S/C62H114N2O23/c1-4-6-8-10-12-14-16-18-19-21-23-25-27-29-31-33-46(71)64-40(41(70)32-30-28-26-24-22-20-17-15-13-11-9-7-5-2)38-80-60-54(78)51(75)57(44(36-67)83-60)86-62-55(79)52(76)56(45(37-68)84-62)85-59-47(63-39(3)69)58(49(73)43(35-66)81-59)87-61-53(77)50(74)48(72)42(34-65)82-61/h30,32,40-45,47-62,65-68,70,72-79H,4-29,31,33-38H2,1-3H3,(H,63,69)(H,64,71)/b32-30+/t40-,41+,42?,43?,44?,45?,47?,48?,49?,50?,51?,52?,53?,54?,55?,56?,57?,58?,59?,60?,61?,62?/m0/s1. The third kappa shape index (κ3) is 26.0. The quantitative estimate of drug-likeness (QED) is 0.0305. The zero-order valence-corrected chi connectivity index (χ0v) is 52.1. The average molecular weight is 1260 g/mol. The summed E-state index contributed by atoms with van der Waals surface area (Å²) in [4.78, 5) is 26.0. The number of aliphatic hydroxyl groups is 13. The van der Waals surface area contributed by atoms with Crippen molar-refractivity contribution in [3.8, 4) is 0 Å².